The maximum Gasteiger partial charge on any atom is 0.330 e. The van der Waals surface area contributed by atoms with Crippen LogP contribution in [-0.4, -0.2) is 19.2 Å². The van der Waals surface area contributed by atoms with E-state index in [1.165, 1.54) is 63.0 Å². The molecule has 1 aromatic carbocycles. The van der Waals surface area contributed by atoms with Crippen molar-refractivity contribution in [1.82, 2.24) is 0 Å². The predicted molar refractivity (Wildman–Crippen MR) is 111 cm³/mol. The molecule has 0 N–H and O–H groups in total. The Labute approximate surface area is 165 Å². The molecule has 2 rings (SSSR count). The molecule has 0 atom stereocenters. The van der Waals surface area contributed by atoms with Crippen molar-refractivity contribution in [2.24, 2.45) is 5.92 Å². The van der Waals surface area contributed by atoms with Crippen LogP contribution < -0.4 is 4.74 Å². The van der Waals surface area contributed by atoms with Gasteiger partial charge in [0.15, 0.2) is 0 Å². The van der Waals surface area contributed by atoms with Gasteiger partial charge in [-0.15, -0.1) is 0 Å². The Bertz CT molecular complexity index is 541. The van der Waals surface area contributed by atoms with Crippen LogP contribution in [0, 0.1) is 5.92 Å². The molecule has 0 aliphatic heterocycles. The van der Waals surface area contributed by atoms with E-state index in [0.29, 0.717) is 13.2 Å². The van der Waals surface area contributed by atoms with E-state index in [4.69, 9.17) is 9.47 Å². The Morgan fingerprint density at radius 3 is 2.41 bits per heavy atom. The number of carbonyl (C=O) groups is 1. The average Bonchev–Trinajstić information content (AvgIpc) is 2.71. The molecule has 0 unspecified atom stereocenters. The first-order valence-electron chi connectivity index (χ1n) is 10.7. The average molecular weight is 373 g/mol. The van der Waals surface area contributed by atoms with E-state index in [-0.39, 0.29) is 5.97 Å². The first kappa shape index (κ1) is 21.5. The monoisotopic (exact) mass is 372 g/mol. The predicted octanol–water partition coefficient (Wildman–Crippen LogP) is 6.43. The van der Waals surface area contributed by atoms with Crippen molar-refractivity contribution in [2.45, 2.75) is 77.0 Å². The highest BCUT2D eigenvalue weighted by Gasteiger charge is 2.21. The molecule has 150 valence electrons. The summed E-state index contributed by atoms with van der Waals surface area (Å²) in [4.78, 5) is 10.9. The zero-order valence-corrected chi connectivity index (χ0v) is 17.0. The molecule has 1 aliphatic rings. The minimum absolute atomic E-state index is 0.360. The first-order valence-corrected chi connectivity index (χ1v) is 10.7. The van der Waals surface area contributed by atoms with Gasteiger partial charge in [-0.3, -0.25) is 0 Å². The van der Waals surface area contributed by atoms with Crippen molar-refractivity contribution in [3.8, 4) is 5.75 Å². The fraction of sp³-hybridized carbons (Fsp3) is 0.625. The number of rotatable bonds is 12. The highest BCUT2D eigenvalue weighted by Crippen LogP contribution is 2.38. The van der Waals surface area contributed by atoms with E-state index in [0.717, 1.165) is 30.4 Å². The molecular weight excluding hydrogens is 336 g/mol. The van der Waals surface area contributed by atoms with Gasteiger partial charge < -0.3 is 9.47 Å². The van der Waals surface area contributed by atoms with Gasteiger partial charge in [-0.2, -0.15) is 0 Å². The van der Waals surface area contributed by atoms with Gasteiger partial charge in [0.25, 0.3) is 0 Å². The normalized spacial score (nSPS) is 19.4. The van der Waals surface area contributed by atoms with Crippen LogP contribution in [0.3, 0.4) is 0 Å². The van der Waals surface area contributed by atoms with E-state index in [1.807, 2.05) is 0 Å². The van der Waals surface area contributed by atoms with Crippen LogP contribution in [0.2, 0.25) is 0 Å². The van der Waals surface area contributed by atoms with Crippen LogP contribution in [0.4, 0.5) is 0 Å². The fourth-order valence-electron chi connectivity index (χ4n) is 3.93. The first-order chi connectivity index (χ1) is 13.2. The molecular formula is C24H36O3. The SMILES string of the molecule is C=CC(=O)OCCCCOc1ccc(C2CCC(CCCCC)CC2)cc1. The van der Waals surface area contributed by atoms with Crippen LogP contribution in [0.25, 0.3) is 0 Å². The maximum atomic E-state index is 10.9. The molecule has 27 heavy (non-hydrogen) atoms. The quantitative estimate of drug-likeness (QED) is 0.241. The van der Waals surface area contributed by atoms with Gasteiger partial charge in [-0.25, -0.2) is 4.79 Å². The summed E-state index contributed by atoms with van der Waals surface area (Å²) in [5.41, 5.74) is 1.46. The number of ether oxygens (including phenoxy) is 2. The molecule has 3 nitrogen and oxygen atoms in total. The van der Waals surface area contributed by atoms with Crippen LogP contribution >= 0.6 is 0 Å². The number of benzene rings is 1. The summed E-state index contributed by atoms with van der Waals surface area (Å²) in [6, 6.07) is 8.67. The molecule has 0 spiro atoms. The smallest absolute Gasteiger partial charge is 0.330 e. The molecule has 1 fully saturated rings. The third kappa shape index (κ3) is 8.19. The summed E-state index contributed by atoms with van der Waals surface area (Å²) in [6.07, 6.45) is 13.9. The highest BCUT2D eigenvalue weighted by molar-refractivity contribution is 5.81. The molecule has 0 amide bonds. The van der Waals surface area contributed by atoms with Gasteiger partial charge in [0.1, 0.15) is 5.75 Å². The third-order valence-electron chi connectivity index (χ3n) is 5.63. The Morgan fingerprint density at radius 1 is 1.04 bits per heavy atom. The molecule has 0 bridgehead atoms. The van der Waals surface area contributed by atoms with Gasteiger partial charge in [0.05, 0.1) is 13.2 Å². The minimum Gasteiger partial charge on any atom is -0.494 e. The van der Waals surface area contributed by atoms with Crippen molar-refractivity contribution in [1.29, 1.82) is 0 Å². The molecule has 1 aliphatic carbocycles. The summed E-state index contributed by atoms with van der Waals surface area (Å²) >= 11 is 0. The molecule has 0 aromatic heterocycles. The lowest BCUT2D eigenvalue weighted by atomic mass is 9.77. The van der Waals surface area contributed by atoms with E-state index in [9.17, 15) is 4.79 Å². The lowest BCUT2D eigenvalue weighted by Gasteiger charge is -2.29. The lowest BCUT2D eigenvalue weighted by Crippen LogP contribution is -2.13. The summed E-state index contributed by atoms with van der Waals surface area (Å²) in [5, 5.41) is 0. The van der Waals surface area contributed by atoms with Gasteiger partial charge in [-0.1, -0.05) is 51.3 Å². The number of esters is 1. The second-order valence-electron chi connectivity index (χ2n) is 7.71. The van der Waals surface area contributed by atoms with Crippen LogP contribution in [0.5, 0.6) is 5.75 Å². The Morgan fingerprint density at radius 2 is 1.74 bits per heavy atom. The fourth-order valence-corrected chi connectivity index (χ4v) is 3.93. The molecule has 3 heteroatoms. The van der Waals surface area contributed by atoms with Crippen molar-refractivity contribution >= 4 is 5.97 Å². The van der Waals surface area contributed by atoms with E-state index >= 15 is 0 Å². The van der Waals surface area contributed by atoms with Crippen LogP contribution in [0.15, 0.2) is 36.9 Å². The minimum atomic E-state index is -0.360. The Balaban J connectivity index is 1.62. The molecule has 0 radical (unpaired) electrons. The van der Waals surface area contributed by atoms with Crippen molar-refractivity contribution in [3.05, 3.63) is 42.5 Å². The summed E-state index contributed by atoms with van der Waals surface area (Å²) in [5.74, 6) is 2.25. The highest BCUT2D eigenvalue weighted by atomic mass is 16.5. The van der Waals surface area contributed by atoms with Gasteiger partial charge in [0.2, 0.25) is 0 Å². The molecule has 0 heterocycles. The Hall–Kier alpha value is -1.77. The van der Waals surface area contributed by atoms with Gasteiger partial charge in [0, 0.05) is 6.08 Å². The lowest BCUT2D eigenvalue weighted by molar-refractivity contribution is -0.137. The van der Waals surface area contributed by atoms with Crippen molar-refractivity contribution < 1.29 is 14.3 Å². The van der Waals surface area contributed by atoms with E-state index in [1.54, 1.807) is 0 Å². The second kappa shape index (κ2) is 12.6. The standard InChI is InChI=1S/C24H36O3/c1-3-5-6-9-20-10-12-21(13-11-20)22-14-16-23(17-15-22)26-18-7-8-19-27-24(25)4-2/h4,14-17,20-21H,2-3,5-13,18-19H2,1H3. The number of carbonyl (C=O) groups excluding carboxylic acids is 1. The topological polar surface area (TPSA) is 35.5 Å². The molecule has 1 aromatic rings. The second-order valence-corrected chi connectivity index (χ2v) is 7.71. The molecule has 1 saturated carbocycles. The van der Waals surface area contributed by atoms with Crippen LogP contribution in [-0.2, 0) is 9.53 Å². The Kier molecular flexibility index (Phi) is 10.0. The third-order valence-corrected chi connectivity index (χ3v) is 5.63. The molecule has 0 saturated heterocycles. The van der Waals surface area contributed by atoms with Crippen molar-refractivity contribution in [3.63, 3.8) is 0 Å². The van der Waals surface area contributed by atoms with Crippen LogP contribution in [0.1, 0.15) is 82.6 Å². The summed E-state index contributed by atoms with van der Waals surface area (Å²) in [6.45, 7) is 6.73. The van der Waals surface area contributed by atoms with Gasteiger partial charge in [-0.05, 0) is 68.1 Å². The maximum absolute atomic E-state index is 10.9. The number of hydrogen-bond acceptors (Lipinski definition) is 3. The summed E-state index contributed by atoms with van der Waals surface area (Å²) in [7, 11) is 0. The zero-order valence-electron chi connectivity index (χ0n) is 17.0. The largest absolute Gasteiger partial charge is 0.494 e. The van der Waals surface area contributed by atoms with E-state index in [2.05, 4.69) is 37.8 Å². The van der Waals surface area contributed by atoms with Gasteiger partial charge >= 0.3 is 5.97 Å². The zero-order chi connectivity index (χ0) is 19.3. The number of hydrogen-bond donors (Lipinski definition) is 0. The van der Waals surface area contributed by atoms with Crippen molar-refractivity contribution in [2.75, 3.05) is 13.2 Å². The number of unbranched alkanes of at least 4 members (excludes halogenated alkanes) is 3. The summed E-state index contributed by atoms with van der Waals surface area (Å²) < 4.78 is 10.7. The van der Waals surface area contributed by atoms with E-state index < -0.39 is 0 Å².